The van der Waals surface area contributed by atoms with Gasteiger partial charge < -0.3 is 19.9 Å². The van der Waals surface area contributed by atoms with Crippen molar-refractivity contribution in [2.45, 2.75) is 0 Å². The van der Waals surface area contributed by atoms with Crippen molar-refractivity contribution in [2.24, 2.45) is 0 Å². The van der Waals surface area contributed by atoms with Crippen molar-refractivity contribution in [2.75, 3.05) is 26.1 Å². The van der Waals surface area contributed by atoms with Crippen molar-refractivity contribution in [3.05, 3.63) is 16.7 Å². The number of hydrogen-bond donors (Lipinski definition) is 1. The largest absolute Gasteiger partial charge is 0.486 e. The zero-order chi connectivity index (χ0) is 11.7. The van der Waals surface area contributed by atoms with Crippen LogP contribution in [0.5, 0.6) is 11.5 Å². The molecule has 1 aromatic rings. The highest BCUT2D eigenvalue weighted by molar-refractivity contribution is 6.34. The molecule has 0 fully saturated rings. The third kappa shape index (κ3) is 1.63. The first-order valence-corrected chi connectivity index (χ1v) is 4.99. The van der Waals surface area contributed by atoms with Crippen LogP contribution in [-0.4, -0.2) is 26.3 Å². The highest BCUT2D eigenvalue weighted by Gasteiger charge is 2.26. The number of nitrogen functional groups attached to an aromatic ring is 1. The first-order valence-electron chi connectivity index (χ1n) is 4.61. The van der Waals surface area contributed by atoms with Crippen molar-refractivity contribution in [3.63, 3.8) is 0 Å². The Bertz CT molecular complexity index is 447. The van der Waals surface area contributed by atoms with E-state index in [1.807, 2.05) is 0 Å². The molecule has 0 unspecified atom stereocenters. The second-order valence-corrected chi connectivity index (χ2v) is 3.57. The van der Waals surface area contributed by atoms with Gasteiger partial charge in [-0.25, -0.2) is 4.79 Å². The summed E-state index contributed by atoms with van der Waals surface area (Å²) >= 11 is 5.88. The number of anilines is 1. The molecule has 1 aliphatic rings. The summed E-state index contributed by atoms with van der Waals surface area (Å²) in [7, 11) is 1.26. The van der Waals surface area contributed by atoms with Gasteiger partial charge in [0.25, 0.3) is 0 Å². The van der Waals surface area contributed by atoms with Gasteiger partial charge in [0, 0.05) is 6.07 Å². The number of fused-ring (bicyclic) bond motifs is 1. The Morgan fingerprint density at radius 3 is 2.88 bits per heavy atom. The third-order valence-electron chi connectivity index (χ3n) is 2.21. The Labute approximate surface area is 97.0 Å². The third-order valence-corrected chi connectivity index (χ3v) is 2.52. The van der Waals surface area contributed by atoms with Crippen LogP contribution in [0.3, 0.4) is 0 Å². The standard InChI is InChI=1S/C10H10ClNO4/c1-14-10(13)7-8(12)5(11)4-6-9(7)16-3-2-15-6/h4H,2-3,12H2,1H3. The molecule has 16 heavy (non-hydrogen) atoms. The first kappa shape index (κ1) is 10.9. The molecule has 0 amide bonds. The Morgan fingerprint density at radius 2 is 2.19 bits per heavy atom. The Morgan fingerprint density at radius 1 is 1.50 bits per heavy atom. The summed E-state index contributed by atoms with van der Waals surface area (Å²) in [6.45, 7) is 0.770. The molecule has 0 saturated heterocycles. The zero-order valence-electron chi connectivity index (χ0n) is 8.58. The predicted molar refractivity (Wildman–Crippen MR) is 58.2 cm³/mol. The van der Waals surface area contributed by atoms with Crippen LogP contribution in [0.15, 0.2) is 6.07 Å². The highest BCUT2D eigenvalue weighted by atomic mass is 35.5. The number of esters is 1. The molecule has 2 rings (SSSR count). The van der Waals surface area contributed by atoms with Gasteiger partial charge in [-0.15, -0.1) is 0 Å². The van der Waals surface area contributed by atoms with Gasteiger partial charge in [-0.2, -0.15) is 0 Å². The van der Waals surface area contributed by atoms with Crippen LogP contribution < -0.4 is 15.2 Å². The molecule has 86 valence electrons. The highest BCUT2D eigenvalue weighted by Crippen LogP contribution is 2.41. The van der Waals surface area contributed by atoms with Gasteiger partial charge in [-0.05, 0) is 0 Å². The second-order valence-electron chi connectivity index (χ2n) is 3.16. The minimum Gasteiger partial charge on any atom is -0.486 e. The molecular formula is C10H10ClNO4. The summed E-state index contributed by atoms with van der Waals surface area (Å²) in [6.07, 6.45) is 0. The number of nitrogens with two attached hydrogens (primary N) is 1. The molecule has 1 aliphatic heterocycles. The van der Waals surface area contributed by atoms with Crippen LogP contribution in [0.2, 0.25) is 5.02 Å². The van der Waals surface area contributed by atoms with Crippen molar-refractivity contribution >= 4 is 23.3 Å². The normalized spacial score (nSPS) is 13.4. The molecule has 0 spiro atoms. The van der Waals surface area contributed by atoms with Gasteiger partial charge in [0.15, 0.2) is 11.5 Å². The van der Waals surface area contributed by atoms with Crippen LogP contribution in [0, 0.1) is 0 Å². The smallest absolute Gasteiger partial charge is 0.343 e. The Kier molecular flexibility index (Phi) is 2.78. The lowest BCUT2D eigenvalue weighted by molar-refractivity contribution is 0.0592. The number of methoxy groups -OCH3 is 1. The summed E-state index contributed by atoms with van der Waals surface area (Å²) in [5, 5.41) is 0.240. The first-order chi connectivity index (χ1) is 7.65. The minimum atomic E-state index is -0.596. The van der Waals surface area contributed by atoms with Crippen LogP contribution in [0.4, 0.5) is 5.69 Å². The maximum absolute atomic E-state index is 11.6. The number of ether oxygens (including phenoxy) is 3. The summed E-state index contributed by atoms with van der Waals surface area (Å²) in [4.78, 5) is 11.6. The lowest BCUT2D eigenvalue weighted by atomic mass is 10.1. The fourth-order valence-corrected chi connectivity index (χ4v) is 1.67. The lowest BCUT2D eigenvalue weighted by Gasteiger charge is -2.21. The maximum Gasteiger partial charge on any atom is 0.343 e. The van der Waals surface area contributed by atoms with E-state index in [0.717, 1.165) is 0 Å². The lowest BCUT2D eigenvalue weighted by Crippen LogP contribution is -2.19. The van der Waals surface area contributed by atoms with E-state index in [1.165, 1.54) is 13.2 Å². The number of rotatable bonds is 1. The topological polar surface area (TPSA) is 70.8 Å². The fourth-order valence-electron chi connectivity index (χ4n) is 1.47. The average molecular weight is 244 g/mol. The molecule has 6 heteroatoms. The van der Waals surface area contributed by atoms with Crippen molar-refractivity contribution in [3.8, 4) is 11.5 Å². The van der Waals surface area contributed by atoms with Crippen LogP contribution in [0.25, 0.3) is 0 Å². The van der Waals surface area contributed by atoms with E-state index in [0.29, 0.717) is 24.7 Å². The van der Waals surface area contributed by atoms with Gasteiger partial charge >= 0.3 is 5.97 Å². The monoisotopic (exact) mass is 243 g/mol. The Balaban J connectivity index is 2.63. The van der Waals surface area contributed by atoms with E-state index in [4.69, 9.17) is 26.8 Å². The second kappa shape index (κ2) is 4.09. The van der Waals surface area contributed by atoms with Gasteiger partial charge in [0.05, 0.1) is 17.8 Å². The fraction of sp³-hybridized carbons (Fsp3) is 0.300. The maximum atomic E-state index is 11.6. The summed E-state index contributed by atoms with van der Waals surface area (Å²) in [5.41, 5.74) is 5.97. The zero-order valence-corrected chi connectivity index (χ0v) is 9.34. The molecule has 1 heterocycles. The number of carbonyl (C=O) groups is 1. The van der Waals surface area contributed by atoms with Crippen LogP contribution in [0.1, 0.15) is 10.4 Å². The van der Waals surface area contributed by atoms with Gasteiger partial charge in [0.1, 0.15) is 18.8 Å². The molecule has 0 radical (unpaired) electrons. The molecule has 0 bridgehead atoms. The van der Waals surface area contributed by atoms with E-state index in [9.17, 15) is 4.79 Å². The molecule has 1 aromatic carbocycles. The quantitative estimate of drug-likeness (QED) is 0.598. The van der Waals surface area contributed by atoms with E-state index in [1.54, 1.807) is 0 Å². The van der Waals surface area contributed by atoms with Crippen molar-refractivity contribution < 1.29 is 19.0 Å². The average Bonchev–Trinajstić information content (AvgIpc) is 2.30. The molecule has 0 saturated carbocycles. The van der Waals surface area contributed by atoms with E-state index >= 15 is 0 Å². The van der Waals surface area contributed by atoms with E-state index < -0.39 is 5.97 Å². The van der Waals surface area contributed by atoms with Crippen molar-refractivity contribution in [1.29, 1.82) is 0 Å². The van der Waals surface area contributed by atoms with Crippen LogP contribution >= 0.6 is 11.6 Å². The van der Waals surface area contributed by atoms with E-state index in [-0.39, 0.29) is 16.3 Å². The molecule has 5 nitrogen and oxygen atoms in total. The van der Waals surface area contributed by atoms with E-state index in [2.05, 4.69) is 4.74 Å². The molecular weight excluding hydrogens is 234 g/mol. The SMILES string of the molecule is COC(=O)c1c(N)c(Cl)cc2c1OCCO2. The van der Waals surface area contributed by atoms with Gasteiger partial charge in [-0.3, -0.25) is 0 Å². The van der Waals surface area contributed by atoms with Gasteiger partial charge in [-0.1, -0.05) is 11.6 Å². The Hall–Kier alpha value is -1.62. The molecule has 2 N–H and O–H groups in total. The molecule has 0 aliphatic carbocycles. The number of hydrogen-bond acceptors (Lipinski definition) is 5. The van der Waals surface area contributed by atoms with Crippen LogP contribution in [-0.2, 0) is 4.74 Å². The summed E-state index contributed by atoms with van der Waals surface area (Å²) < 4.78 is 15.3. The summed E-state index contributed by atoms with van der Waals surface area (Å²) in [6, 6.07) is 1.53. The predicted octanol–water partition coefficient (Wildman–Crippen LogP) is 1.48. The van der Waals surface area contributed by atoms with Crippen molar-refractivity contribution in [1.82, 2.24) is 0 Å². The number of benzene rings is 1. The number of halogens is 1. The van der Waals surface area contributed by atoms with Gasteiger partial charge in [0.2, 0.25) is 0 Å². The minimum absolute atomic E-state index is 0.115. The molecule has 0 aromatic heterocycles. The summed E-state index contributed by atoms with van der Waals surface area (Å²) in [5.74, 6) is 0.104. The number of carbonyl (C=O) groups excluding carboxylic acids is 1. The molecule has 0 atom stereocenters.